The van der Waals surface area contributed by atoms with Crippen LogP contribution in [-0.2, 0) is 37.5 Å². The molecule has 0 radical (unpaired) electrons. The Labute approximate surface area is 154 Å². The second-order valence-electron chi connectivity index (χ2n) is 6.28. The van der Waals surface area contributed by atoms with Crippen LogP contribution in [0.3, 0.4) is 0 Å². The molecule has 1 aromatic heterocycles. The van der Waals surface area contributed by atoms with Crippen LogP contribution in [0.15, 0.2) is 47.1 Å². The molecule has 1 fully saturated rings. The van der Waals surface area contributed by atoms with Crippen molar-refractivity contribution in [3.8, 4) is 0 Å². The molecular weight excluding hydrogens is 407 g/mol. The Hall–Kier alpha value is -1.85. The van der Waals surface area contributed by atoms with E-state index in [0.29, 0.717) is 0 Å². The molecule has 2 aromatic rings. The summed E-state index contributed by atoms with van der Waals surface area (Å²) in [5.41, 5.74) is -0.665. The maximum Gasteiger partial charge on any atom is 0.416 e. The van der Waals surface area contributed by atoms with Crippen molar-refractivity contribution in [1.82, 2.24) is 4.31 Å². The molecule has 148 valence electrons. The molecule has 0 aliphatic carbocycles. The molecule has 0 bridgehead atoms. The van der Waals surface area contributed by atoms with Crippen molar-refractivity contribution in [1.29, 1.82) is 0 Å². The number of hydrogen-bond donors (Lipinski definition) is 0. The lowest BCUT2D eigenvalue weighted by Crippen LogP contribution is -2.57. The fraction of sp³-hybridized carbons (Fsp3) is 0.375. The van der Waals surface area contributed by atoms with Gasteiger partial charge in [0.05, 0.1) is 22.8 Å². The smallest absolute Gasteiger partial charge is 0.416 e. The van der Waals surface area contributed by atoms with Crippen LogP contribution in [0.4, 0.5) is 13.2 Å². The van der Waals surface area contributed by atoms with Crippen LogP contribution in [0.25, 0.3) is 0 Å². The molecule has 0 spiro atoms. The van der Waals surface area contributed by atoms with Crippen LogP contribution in [-0.4, -0.2) is 39.5 Å². The number of rotatable bonds is 6. The highest BCUT2D eigenvalue weighted by atomic mass is 32.2. The molecule has 0 amide bonds. The standard InChI is InChI=1S/C16H16F3NO5S2/c17-16(18,19)13-5-3-12(4-6-13)10-27(23,24)20-8-15(9-20)26(21,22)11-14-2-1-7-25-14/h1-7,15H,8-11H2. The largest absolute Gasteiger partial charge is 0.468 e. The lowest BCUT2D eigenvalue weighted by atomic mass is 10.1. The molecule has 0 saturated carbocycles. The van der Waals surface area contributed by atoms with E-state index in [1.165, 1.54) is 12.3 Å². The minimum absolute atomic E-state index is 0.175. The lowest BCUT2D eigenvalue weighted by Gasteiger charge is -2.37. The fourth-order valence-corrected chi connectivity index (χ4v) is 6.07. The Kier molecular flexibility index (Phi) is 5.12. The summed E-state index contributed by atoms with van der Waals surface area (Å²) in [4.78, 5) is 0. The third-order valence-corrected chi connectivity index (χ3v) is 8.05. The van der Waals surface area contributed by atoms with Crippen LogP contribution in [0.2, 0.25) is 0 Å². The molecule has 27 heavy (non-hydrogen) atoms. The topological polar surface area (TPSA) is 84.7 Å². The molecular formula is C16H16F3NO5S2. The second kappa shape index (κ2) is 6.95. The minimum atomic E-state index is -4.50. The SMILES string of the molecule is O=S(=O)(Cc1ccco1)C1CN(S(=O)(=O)Cc2ccc(C(F)(F)F)cc2)C1. The fourth-order valence-electron chi connectivity index (χ4n) is 2.66. The first-order chi connectivity index (χ1) is 12.5. The summed E-state index contributed by atoms with van der Waals surface area (Å²) in [6, 6.07) is 6.92. The molecule has 1 aliphatic heterocycles. The van der Waals surface area contributed by atoms with Gasteiger partial charge < -0.3 is 4.42 Å². The van der Waals surface area contributed by atoms with Gasteiger partial charge >= 0.3 is 6.18 Å². The molecule has 3 rings (SSSR count). The summed E-state index contributed by atoms with van der Waals surface area (Å²) in [7, 11) is -7.38. The van der Waals surface area contributed by atoms with Crippen molar-refractivity contribution < 1.29 is 34.4 Å². The second-order valence-corrected chi connectivity index (χ2v) is 10.5. The van der Waals surface area contributed by atoms with E-state index in [1.807, 2.05) is 0 Å². The van der Waals surface area contributed by atoms with Gasteiger partial charge in [-0.05, 0) is 29.8 Å². The van der Waals surface area contributed by atoms with Gasteiger partial charge in [-0.15, -0.1) is 0 Å². The van der Waals surface area contributed by atoms with E-state index in [0.717, 1.165) is 28.6 Å². The third kappa shape index (κ3) is 4.53. The van der Waals surface area contributed by atoms with Gasteiger partial charge in [0, 0.05) is 13.1 Å². The summed E-state index contributed by atoms with van der Waals surface area (Å²) in [6.07, 6.45) is -3.14. The molecule has 6 nitrogen and oxygen atoms in total. The maximum atomic E-state index is 12.5. The zero-order valence-corrected chi connectivity index (χ0v) is 15.5. The van der Waals surface area contributed by atoms with Gasteiger partial charge in [-0.2, -0.15) is 17.5 Å². The molecule has 11 heteroatoms. The van der Waals surface area contributed by atoms with Gasteiger partial charge in [0.15, 0.2) is 9.84 Å². The van der Waals surface area contributed by atoms with E-state index < -0.39 is 42.6 Å². The monoisotopic (exact) mass is 423 g/mol. The number of sulfonamides is 1. The molecule has 1 saturated heterocycles. The van der Waals surface area contributed by atoms with Crippen molar-refractivity contribution in [2.24, 2.45) is 0 Å². The number of hydrogen-bond acceptors (Lipinski definition) is 5. The highest BCUT2D eigenvalue weighted by Crippen LogP contribution is 2.30. The molecule has 0 unspecified atom stereocenters. The Morgan fingerprint density at radius 3 is 2.15 bits per heavy atom. The van der Waals surface area contributed by atoms with Gasteiger partial charge in [-0.25, -0.2) is 16.8 Å². The number of benzene rings is 1. The Balaban J connectivity index is 1.61. The molecule has 1 aliphatic rings. The van der Waals surface area contributed by atoms with Gasteiger partial charge in [0.25, 0.3) is 0 Å². The predicted molar refractivity (Wildman–Crippen MR) is 90.8 cm³/mol. The van der Waals surface area contributed by atoms with E-state index >= 15 is 0 Å². The van der Waals surface area contributed by atoms with E-state index in [9.17, 15) is 30.0 Å². The average Bonchev–Trinajstić information content (AvgIpc) is 2.96. The van der Waals surface area contributed by atoms with E-state index in [2.05, 4.69) is 0 Å². The van der Waals surface area contributed by atoms with Gasteiger partial charge in [-0.1, -0.05) is 12.1 Å². The van der Waals surface area contributed by atoms with Crippen molar-refractivity contribution >= 4 is 19.9 Å². The normalized spacial score (nSPS) is 17.0. The van der Waals surface area contributed by atoms with Gasteiger partial charge in [-0.3, -0.25) is 0 Å². The summed E-state index contributed by atoms with van der Waals surface area (Å²) < 4.78 is 92.9. The van der Waals surface area contributed by atoms with Crippen LogP contribution in [0.1, 0.15) is 16.9 Å². The molecule has 0 atom stereocenters. The van der Waals surface area contributed by atoms with Crippen LogP contribution in [0.5, 0.6) is 0 Å². The van der Waals surface area contributed by atoms with Crippen LogP contribution in [0, 0.1) is 0 Å². The number of alkyl halides is 3. The highest BCUT2D eigenvalue weighted by Gasteiger charge is 2.43. The first-order valence-corrected chi connectivity index (χ1v) is 11.2. The molecule has 0 N–H and O–H groups in total. The first-order valence-electron chi connectivity index (χ1n) is 7.85. The molecule has 1 aromatic carbocycles. The number of sulfone groups is 1. The number of nitrogens with zero attached hydrogens (tertiary/aromatic N) is 1. The van der Waals surface area contributed by atoms with Crippen molar-refractivity contribution in [2.45, 2.75) is 22.9 Å². The maximum absolute atomic E-state index is 12.5. The van der Waals surface area contributed by atoms with Crippen molar-refractivity contribution in [3.63, 3.8) is 0 Å². The summed E-state index contributed by atoms with van der Waals surface area (Å²) in [5.74, 6) is -0.519. The zero-order valence-electron chi connectivity index (χ0n) is 13.9. The Morgan fingerprint density at radius 1 is 1.00 bits per heavy atom. The quantitative estimate of drug-likeness (QED) is 0.713. The third-order valence-electron chi connectivity index (χ3n) is 4.27. The average molecular weight is 423 g/mol. The Bertz CT molecular complexity index is 991. The molecule has 2 heterocycles. The zero-order chi connectivity index (χ0) is 19.9. The van der Waals surface area contributed by atoms with Crippen LogP contribution >= 0.6 is 0 Å². The van der Waals surface area contributed by atoms with E-state index in [4.69, 9.17) is 4.42 Å². The number of furan rings is 1. The van der Waals surface area contributed by atoms with Crippen molar-refractivity contribution in [3.05, 3.63) is 59.5 Å². The highest BCUT2D eigenvalue weighted by molar-refractivity contribution is 7.92. The number of halogens is 3. The van der Waals surface area contributed by atoms with Crippen molar-refractivity contribution in [2.75, 3.05) is 13.1 Å². The summed E-state index contributed by atoms with van der Waals surface area (Å²) in [6.45, 7) is -0.349. The van der Waals surface area contributed by atoms with Gasteiger partial charge in [0.2, 0.25) is 10.0 Å². The summed E-state index contributed by atoms with van der Waals surface area (Å²) >= 11 is 0. The van der Waals surface area contributed by atoms with Gasteiger partial charge in [0.1, 0.15) is 11.5 Å². The van der Waals surface area contributed by atoms with E-state index in [-0.39, 0.29) is 30.2 Å². The first kappa shape index (κ1) is 19.9. The summed E-state index contributed by atoms with van der Waals surface area (Å²) in [5, 5.41) is -0.829. The minimum Gasteiger partial charge on any atom is -0.468 e. The Morgan fingerprint density at radius 2 is 1.63 bits per heavy atom. The van der Waals surface area contributed by atoms with Crippen LogP contribution < -0.4 is 0 Å². The van der Waals surface area contributed by atoms with E-state index in [1.54, 1.807) is 6.07 Å². The lowest BCUT2D eigenvalue weighted by molar-refractivity contribution is -0.137. The predicted octanol–water partition coefficient (Wildman–Crippen LogP) is 2.43.